The minimum absolute atomic E-state index is 0.217. The highest BCUT2D eigenvalue weighted by molar-refractivity contribution is 5.95. The van der Waals surface area contributed by atoms with Crippen molar-refractivity contribution in [2.45, 2.75) is 39.7 Å². The second-order valence-corrected chi connectivity index (χ2v) is 7.19. The molecule has 1 amide bonds. The van der Waals surface area contributed by atoms with E-state index in [0.29, 0.717) is 13.0 Å². The van der Waals surface area contributed by atoms with Crippen molar-refractivity contribution in [2.24, 2.45) is 12.0 Å². The summed E-state index contributed by atoms with van der Waals surface area (Å²) in [6, 6.07) is 8.15. The number of carbonyl (C=O) groups is 1. The van der Waals surface area contributed by atoms with Crippen molar-refractivity contribution < 1.29 is 4.79 Å². The Morgan fingerprint density at radius 2 is 1.96 bits per heavy atom. The lowest BCUT2D eigenvalue weighted by Gasteiger charge is -2.16. The zero-order valence-electron chi connectivity index (χ0n) is 17.2. The van der Waals surface area contributed by atoms with Gasteiger partial charge in [-0.1, -0.05) is 12.1 Å². The van der Waals surface area contributed by atoms with Crippen LogP contribution in [-0.2, 0) is 24.8 Å². The highest BCUT2D eigenvalue weighted by atomic mass is 16.2. The maximum absolute atomic E-state index is 11.8. The molecule has 1 aliphatic rings. The van der Waals surface area contributed by atoms with Gasteiger partial charge in [-0.3, -0.25) is 14.5 Å². The quantitative estimate of drug-likeness (QED) is 0.592. The molecule has 1 aromatic carbocycles. The maximum atomic E-state index is 11.8. The van der Waals surface area contributed by atoms with Crippen LogP contribution in [0.5, 0.6) is 0 Å². The molecule has 7 heteroatoms. The first kappa shape index (κ1) is 19.9. The van der Waals surface area contributed by atoms with Crippen LogP contribution in [0.3, 0.4) is 0 Å². The van der Waals surface area contributed by atoms with Crippen molar-refractivity contribution in [3.8, 4) is 0 Å². The molecule has 0 atom stereocenters. The zero-order valence-corrected chi connectivity index (χ0v) is 17.2. The van der Waals surface area contributed by atoms with E-state index < -0.39 is 0 Å². The van der Waals surface area contributed by atoms with E-state index in [1.54, 1.807) is 7.05 Å². The first-order valence-electron chi connectivity index (χ1n) is 9.82. The van der Waals surface area contributed by atoms with Crippen LogP contribution in [0.25, 0.3) is 0 Å². The van der Waals surface area contributed by atoms with Crippen LogP contribution < -0.4 is 15.5 Å². The molecule has 2 N–H and O–H groups in total. The molecular formula is C21H30N6O. The lowest BCUT2D eigenvalue weighted by molar-refractivity contribution is -0.117. The fraction of sp³-hybridized carbons (Fsp3) is 0.476. The molecule has 0 bridgehead atoms. The summed E-state index contributed by atoms with van der Waals surface area (Å²) >= 11 is 0. The van der Waals surface area contributed by atoms with Crippen LogP contribution in [0.15, 0.2) is 29.3 Å². The number of hydrogen-bond acceptors (Lipinski definition) is 3. The summed E-state index contributed by atoms with van der Waals surface area (Å²) < 4.78 is 1.93. The average Bonchev–Trinajstić information content (AvgIpc) is 3.22. The van der Waals surface area contributed by atoms with Gasteiger partial charge in [0.2, 0.25) is 5.91 Å². The van der Waals surface area contributed by atoms with Crippen molar-refractivity contribution in [3.63, 3.8) is 0 Å². The van der Waals surface area contributed by atoms with Gasteiger partial charge in [0.05, 0.1) is 5.69 Å². The number of aromatic nitrogens is 2. The second-order valence-electron chi connectivity index (χ2n) is 7.19. The lowest BCUT2D eigenvalue weighted by Crippen LogP contribution is -2.37. The van der Waals surface area contributed by atoms with Crippen molar-refractivity contribution in [2.75, 3.05) is 25.0 Å². The Morgan fingerprint density at radius 1 is 1.21 bits per heavy atom. The predicted octanol–water partition coefficient (Wildman–Crippen LogP) is 2.07. The van der Waals surface area contributed by atoms with Gasteiger partial charge in [-0.05, 0) is 49.9 Å². The van der Waals surface area contributed by atoms with E-state index in [9.17, 15) is 4.79 Å². The van der Waals surface area contributed by atoms with Gasteiger partial charge in [0.15, 0.2) is 5.96 Å². The molecule has 3 rings (SSSR count). The van der Waals surface area contributed by atoms with Crippen LogP contribution >= 0.6 is 0 Å². The molecule has 28 heavy (non-hydrogen) atoms. The monoisotopic (exact) mass is 382 g/mol. The molecule has 0 saturated carbocycles. The molecule has 2 aromatic rings. The Balaban J connectivity index is 1.48. The summed E-state index contributed by atoms with van der Waals surface area (Å²) in [5.41, 5.74) is 5.71. The number of guanidine groups is 1. The van der Waals surface area contributed by atoms with Crippen molar-refractivity contribution in [1.29, 1.82) is 0 Å². The van der Waals surface area contributed by atoms with Gasteiger partial charge in [-0.25, -0.2) is 0 Å². The number of hydrogen-bond donors (Lipinski definition) is 2. The number of carbonyl (C=O) groups excluding carboxylic acids is 1. The SMILES string of the molecule is CN=C(NCCc1c(C)nn(C)c1C)NCc1ccc(N2CCCC2=O)cc1. The molecule has 0 unspecified atom stereocenters. The van der Waals surface area contributed by atoms with Gasteiger partial charge in [0.25, 0.3) is 0 Å². The van der Waals surface area contributed by atoms with Gasteiger partial charge in [0, 0.05) is 51.5 Å². The molecule has 0 spiro atoms. The van der Waals surface area contributed by atoms with Gasteiger partial charge in [0.1, 0.15) is 0 Å². The molecule has 0 aliphatic carbocycles. The van der Waals surface area contributed by atoms with Crippen molar-refractivity contribution in [1.82, 2.24) is 20.4 Å². The Kier molecular flexibility index (Phi) is 6.34. The lowest BCUT2D eigenvalue weighted by atomic mass is 10.1. The summed E-state index contributed by atoms with van der Waals surface area (Å²) in [4.78, 5) is 18.0. The minimum atomic E-state index is 0.217. The number of anilines is 1. The third-order valence-corrected chi connectivity index (χ3v) is 5.33. The predicted molar refractivity (Wildman–Crippen MR) is 113 cm³/mol. The van der Waals surface area contributed by atoms with E-state index in [4.69, 9.17) is 0 Å². The van der Waals surface area contributed by atoms with E-state index in [2.05, 4.69) is 46.7 Å². The van der Waals surface area contributed by atoms with Crippen LogP contribution in [0, 0.1) is 13.8 Å². The molecule has 1 saturated heterocycles. The van der Waals surface area contributed by atoms with E-state index in [1.807, 2.05) is 28.8 Å². The zero-order chi connectivity index (χ0) is 20.1. The third kappa shape index (κ3) is 4.52. The number of aryl methyl sites for hydroxylation is 2. The summed E-state index contributed by atoms with van der Waals surface area (Å²) in [5.74, 6) is 0.993. The highest BCUT2D eigenvalue weighted by Crippen LogP contribution is 2.21. The number of nitrogens with one attached hydrogen (secondary N) is 2. The highest BCUT2D eigenvalue weighted by Gasteiger charge is 2.21. The molecule has 7 nitrogen and oxygen atoms in total. The summed E-state index contributed by atoms with van der Waals surface area (Å²) in [6.45, 7) is 6.45. The fourth-order valence-corrected chi connectivity index (χ4v) is 3.61. The van der Waals surface area contributed by atoms with Crippen molar-refractivity contribution in [3.05, 3.63) is 46.8 Å². The van der Waals surface area contributed by atoms with Crippen molar-refractivity contribution >= 4 is 17.6 Å². The number of aliphatic imine (C=N–C) groups is 1. The van der Waals surface area contributed by atoms with Gasteiger partial charge in [-0.15, -0.1) is 0 Å². The van der Waals surface area contributed by atoms with Crippen LogP contribution in [0.4, 0.5) is 5.69 Å². The molecule has 2 heterocycles. The normalized spacial score (nSPS) is 14.6. The number of benzene rings is 1. The van der Waals surface area contributed by atoms with E-state index in [0.717, 1.165) is 48.8 Å². The van der Waals surface area contributed by atoms with Crippen LogP contribution in [0.1, 0.15) is 35.4 Å². The Bertz CT molecular complexity index is 853. The number of rotatable bonds is 6. The molecule has 1 aromatic heterocycles. The smallest absolute Gasteiger partial charge is 0.227 e. The fourth-order valence-electron chi connectivity index (χ4n) is 3.61. The van der Waals surface area contributed by atoms with Gasteiger partial charge in [-0.2, -0.15) is 5.10 Å². The Hall–Kier alpha value is -2.83. The van der Waals surface area contributed by atoms with Crippen LogP contribution in [-0.4, -0.2) is 41.8 Å². The van der Waals surface area contributed by atoms with E-state index in [1.165, 1.54) is 11.3 Å². The molecule has 150 valence electrons. The first-order chi connectivity index (χ1) is 13.5. The molecule has 0 radical (unpaired) electrons. The maximum Gasteiger partial charge on any atom is 0.227 e. The van der Waals surface area contributed by atoms with Gasteiger partial charge >= 0.3 is 0 Å². The van der Waals surface area contributed by atoms with E-state index >= 15 is 0 Å². The molecule has 1 fully saturated rings. The number of amides is 1. The standard InChI is InChI=1S/C21H30N6O/c1-15-19(16(2)26(4)25-15)11-12-23-21(22-3)24-14-17-7-9-18(10-8-17)27-13-5-6-20(27)28/h7-10H,5-6,11-14H2,1-4H3,(H2,22,23,24). The minimum Gasteiger partial charge on any atom is -0.356 e. The topological polar surface area (TPSA) is 74.6 Å². The summed E-state index contributed by atoms with van der Waals surface area (Å²) in [5, 5.41) is 11.2. The van der Waals surface area contributed by atoms with Crippen LogP contribution in [0.2, 0.25) is 0 Å². The summed E-state index contributed by atoms with van der Waals surface area (Å²) in [6.07, 6.45) is 2.51. The molecule has 1 aliphatic heterocycles. The molecular weight excluding hydrogens is 352 g/mol. The third-order valence-electron chi connectivity index (χ3n) is 5.33. The Labute approximate surface area is 166 Å². The van der Waals surface area contributed by atoms with E-state index in [-0.39, 0.29) is 5.91 Å². The number of nitrogens with zero attached hydrogens (tertiary/aromatic N) is 4. The Morgan fingerprint density at radius 3 is 2.54 bits per heavy atom. The summed E-state index contributed by atoms with van der Waals surface area (Å²) in [7, 11) is 3.75. The first-order valence-corrected chi connectivity index (χ1v) is 9.82. The second kappa shape index (κ2) is 8.91. The average molecular weight is 383 g/mol. The largest absolute Gasteiger partial charge is 0.356 e. The van der Waals surface area contributed by atoms with Gasteiger partial charge < -0.3 is 15.5 Å².